The van der Waals surface area contributed by atoms with Crippen LogP contribution in [0.15, 0.2) is 58.2 Å². The smallest absolute Gasteiger partial charge is 0.256 e. The van der Waals surface area contributed by atoms with Crippen molar-refractivity contribution in [3.63, 3.8) is 0 Å². The number of hydrogen-bond acceptors (Lipinski definition) is 3. The molecule has 0 aliphatic heterocycles. The van der Waals surface area contributed by atoms with Crippen LogP contribution in [0.2, 0.25) is 0 Å². The Morgan fingerprint density at radius 2 is 1.73 bits per heavy atom. The summed E-state index contributed by atoms with van der Waals surface area (Å²) >= 11 is 0. The average Bonchev–Trinajstić information content (AvgIpc) is 2.47. The number of aromatic nitrogens is 1. The molecule has 0 saturated carbocycles. The first-order valence-electron chi connectivity index (χ1n) is 6.49. The summed E-state index contributed by atoms with van der Waals surface area (Å²) in [4.78, 5) is 14.8. The largest absolute Gasteiger partial charge is 0.319 e. The van der Waals surface area contributed by atoms with E-state index in [9.17, 15) is 17.6 Å². The summed E-state index contributed by atoms with van der Waals surface area (Å²) < 4.78 is 37.5. The van der Waals surface area contributed by atoms with Crippen LogP contribution in [0.3, 0.4) is 0 Å². The normalized spacial score (nSPS) is 11.7. The van der Waals surface area contributed by atoms with E-state index in [4.69, 9.17) is 0 Å². The van der Waals surface area contributed by atoms with Crippen LogP contribution in [0.4, 0.5) is 4.39 Å². The van der Waals surface area contributed by atoms with E-state index in [-0.39, 0.29) is 16.0 Å². The van der Waals surface area contributed by atoms with Gasteiger partial charge in [-0.15, -0.1) is 0 Å². The molecule has 0 saturated heterocycles. The van der Waals surface area contributed by atoms with E-state index in [2.05, 4.69) is 4.98 Å². The van der Waals surface area contributed by atoms with E-state index >= 15 is 0 Å². The van der Waals surface area contributed by atoms with Crippen molar-refractivity contribution in [1.29, 1.82) is 0 Å². The maximum absolute atomic E-state index is 13.7. The Kier molecular flexibility index (Phi) is 3.33. The highest BCUT2D eigenvalue weighted by Crippen LogP contribution is 2.27. The molecule has 0 unspecified atom stereocenters. The summed E-state index contributed by atoms with van der Waals surface area (Å²) in [6.45, 7) is 0. The molecule has 0 fully saturated rings. The number of nitrogens with one attached hydrogen (secondary N) is 1. The molecule has 0 bridgehead atoms. The maximum Gasteiger partial charge on any atom is 0.256 e. The van der Waals surface area contributed by atoms with Crippen LogP contribution in [0, 0.1) is 5.82 Å². The van der Waals surface area contributed by atoms with Crippen molar-refractivity contribution in [1.82, 2.24) is 4.98 Å². The Labute approximate surface area is 126 Å². The fourth-order valence-corrected chi connectivity index (χ4v) is 3.31. The first-order valence-corrected chi connectivity index (χ1v) is 8.38. The predicted molar refractivity (Wildman–Crippen MR) is 83.1 cm³/mol. The minimum absolute atomic E-state index is 0.0660. The summed E-state index contributed by atoms with van der Waals surface area (Å²) in [5.74, 6) is -0.530. The number of rotatable bonds is 2. The Hall–Kier alpha value is -2.47. The fraction of sp³-hybridized carbons (Fsp3) is 0.0625. The van der Waals surface area contributed by atoms with Crippen LogP contribution in [-0.4, -0.2) is 19.7 Å². The Morgan fingerprint density at radius 1 is 1.00 bits per heavy atom. The van der Waals surface area contributed by atoms with Gasteiger partial charge in [-0.2, -0.15) is 0 Å². The quantitative estimate of drug-likeness (QED) is 0.790. The van der Waals surface area contributed by atoms with Gasteiger partial charge in [-0.3, -0.25) is 4.79 Å². The summed E-state index contributed by atoms with van der Waals surface area (Å²) in [6, 6.07) is 12.2. The second-order valence-electron chi connectivity index (χ2n) is 4.98. The van der Waals surface area contributed by atoms with Gasteiger partial charge in [0.25, 0.3) is 5.56 Å². The van der Waals surface area contributed by atoms with Gasteiger partial charge in [-0.1, -0.05) is 30.3 Å². The van der Waals surface area contributed by atoms with Crippen LogP contribution < -0.4 is 5.56 Å². The fourth-order valence-electron chi connectivity index (χ4n) is 2.41. The zero-order valence-electron chi connectivity index (χ0n) is 11.6. The average molecular weight is 317 g/mol. The summed E-state index contributed by atoms with van der Waals surface area (Å²) in [5.41, 5.74) is 0.0679. The first-order chi connectivity index (χ1) is 10.4. The summed E-state index contributed by atoms with van der Waals surface area (Å²) in [7, 11) is -3.49. The van der Waals surface area contributed by atoms with Gasteiger partial charge in [-0.25, -0.2) is 12.8 Å². The number of para-hydroxylation sites is 1. The second-order valence-corrected chi connectivity index (χ2v) is 6.97. The molecule has 0 atom stereocenters. The monoisotopic (exact) mass is 317 g/mol. The molecule has 2 aromatic carbocycles. The van der Waals surface area contributed by atoms with E-state index in [1.54, 1.807) is 24.3 Å². The standard InChI is InChI=1S/C16H12FNO3S/c1-22(20,21)14-8-3-2-6-11(14)12-9-10-5-4-7-13(17)15(10)18-16(12)19/h2-9H,1H3,(H,18,19). The number of H-pyrrole nitrogens is 1. The molecular formula is C16H12FNO3S. The molecule has 3 rings (SSSR count). The van der Waals surface area contributed by atoms with Crippen LogP contribution in [-0.2, 0) is 9.84 Å². The van der Waals surface area contributed by atoms with Crippen molar-refractivity contribution in [2.24, 2.45) is 0 Å². The number of sulfone groups is 1. The SMILES string of the molecule is CS(=O)(=O)c1ccccc1-c1cc2cccc(F)c2[nH]c1=O. The highest BCUT2D eigenvalue weighted by atomic mass is 32.2. The van der Waals surface area contributed by atoms with Crippen LogP contribution in [0.1, 0.15) is 0 Å². The van der Waals surface area contributed by atoms with Gasteiger partial charge in [-0.05, 0) is 18.2 Å². The van der Waals surface area contributed by atoms with Gasteiger partial charge in [0.2, 0.25) is 0 Å². The number of aromatic amines is 1. The highest BCUT2D eigenvalue weighted by molar-refractivity contribution is 7.90. The van der Waals surface area contributed by atoms with Crippen LogP contribution >= 0.6 is 0 Å². The van der Waals surface area contributed by atoms with Gasteiger partial charge < -0.3 is 4.98 Å². The summed E-state index contributed by atoms with van der Waals surface area (Å²) in [5, 5.41) is 0.498. The highest BCUT2D eigenvalue weighted by Gasteiger charge is 2.17. The molecule has 3 aromatic rings. The van der Waals surface area contributed by atoms with Crippen molar-refractivity contribution in [2.75, 3.05) is 6.26 Å². The predicted octanol–water partition coefficient (Wildman–Crippen LogP) is 2.74. The van der Waals surface area contributed by atoms with E-state index in [1.165, 1.54) is 24.3 Å². The molecule has 0 radical (unpaired) electrons. The molecule has 1 N–H and O–H groups in total. The molecule has 22 heavy (non-hydrogen) atoms. The van der Waals surface area contributed by atoms with Gasteiger partial charge >= 0.3 is 0 Å². The lowest BCUT2D eigenvalue weighted by molar-refractivity contribution is 0.602. The van der Waals surface area contributed by atoms with Crippen molar-refractivity contribution in [3.8, 4) is 11.1 Å². The number of benzene rings is 2. The minimum Gasteiger partial charge on any atom is -0.319 e. The van der Waals surface area contributed by atoms with Crippen molar-refractivity contribution in [3.05, 3.63) is 64.7 Å². The zero-order chi connectivity index (χ0) is 15.9. The van der Waals surface area contributed by atoms with Gasteiger partial charge in [0.1, 0.15) is 5.82 Å². The van der Waals surface area contributed by atoms with Gasteiger partial charge in [0.05, 0.1) is 10.4 Å². The molecule has 4 nitrogen and oxygen atoms in total. The molecule has 0 aliphatic rings. The number of hydrogen-bond donors (Lipinski definition) is 1. The lowest BCUT2D eigenvalue weighted by Crippen LogP contribution is -2.11. The number of halogens is 1. The van der Waals surface area contributed by atoms with E-state index in [0.29, 0.717) is 10.9 Å². The Balaban J connectivity index is 2.38. The van der Waals surface area contributed by atoms with Gasteiger partial charge in [0, 0.05) is 22.8 Å². The molecule has 0 amide bonds. The molecule has 0 spiro atoms. The molecule has 1 heterocycles. The third-order valence-corrected chi connectivity index (χ3v) is 4.56. The lowest BCUT2D eigenvalue weighted by atomic mass is 10.0. The minimum atomic E-state index is -3.49. The van der Waals surface area contributed by atoms with E-state index in [0.717, 1.165) is 6.26 Å². The van der Waals surface area contributed by atoms with E-state index in [1.807, 2.05) is 0 Å². The second kappa shape index (κ2) is 5.06. The summed E-state index contributed by atoms with van der Waals surface area (Å²) in [6.07, 6.45) is 1.08. The zero-order valence-corrected chi connectivity index (χ0v) is 12.4. The van der Waals surface area contributed by atoms with E-state index < -0.39 is 21.2 Å². The lowest BCUT2D eigenvalue weighted by Gasteiger charge is -2.08. The molecular weight excluding hydrogens is 305 g/mol. The molecule has 0 aliphatic carbocycles. The third kappa shape index (κ3) is 2.42. The molecule has 112 valence electrons. The Morgan fingerprint density at radius 3 is 2.45 bits per heavy atom. The molecule has 6 heteroatoms. The van der Waals surface area contributed by atoms with Crippen LogP contribution in [0.5, 0.6) is 0 Å². The topological polar surface area (TPSA) is 67.0 Å². The number of fused-ring (bicyclic) bond motifs is 1. The molecule has 1 aromatic heterocycles. The van der Waals surface area contributed by atoms with Gasteiger partial charge in [0.15, 0.2) is 9.84 Å². The van der Waals surface area contributed by atoms with Crippen molar-refractivity contribution in [2.45, 2.75) is 4.90 Å². The Bertz CT molecular complexity index is 1040. The third-order valence-electron chi connectivity index (χ3n) is 3.41. The van der Waals surface area contributed by atoms with Crippen molar-refractivity contribution < 1.29 is 12.8 Å². The first kappa shape index (κ1) is 14.5. The van der Waals surface area contributed by atoms with Crippen molar-refractivity contribution >= 4 is 20.7 Å². The number of pyridine rings is 1. The maximum atomic E-state index is 13.7. The van der Waals surface area contributed by atoms with Crippen LogP contribution in [0.25, 0.3) is 22.0 Å².